The van der Waals surface area contributed by atoms with Crippen LogP contribution in [0, 0.1) is 0 Å². The molecule has 2 unspecified atom stereocenters. The molecule has 1 aliphatic heterocycles. The summed E-state index contributed by atoms with van der Waals surface area (Å²) < 4.78 is 2.71. The quantitative estimate of drug-likeness (QED) is 0.250. The number of nitrogens with zero attached hydrogens (tertiary/aromatic N) is 3. The highest BCUT2D eigenvalue weighted by Gasteiger charge is 2.41. The van der Waals surface area contributed by atoms with Crippen LogP contribution in [-0.4, -0.2) is 15.6 Å². The molecule has 0 spiro atoms. The lowest BCUT2D eigenvalue weighted by atomic mass is 9.91. The zero-order chi connectivity index (χ0) is 25.1. The zero-order valence-electron chi connectivity index (χ0n) is 21.5. The number of allylic oxidation sites excluding steroid dienone is 2. The van der Waals surface area contributed by atoms with Gasteiger partial charge < -0.3 is 9.47 Å². The molecule has 1 fully saturated rings. The Hall–Kier alpha value is -4.11. The van der Waals surface area contributed by atoms with E-state index in [-0.39, 0.29) is 6.04 Å². The summed E-state index contributed by atoms with van der Waals surface area (Å²) in [7, 11) is 0. The second kappa shape index (κ2) is 8.73. The SMILES string of the molecule is C1=CC2c3ccc4c5ccccc5n(C5CCCCC5)c4c3N(c3cccc(-c4ccccc4)n3)C2C=C1. The predicted molar refractivity (Wildman–Crippen MR) is 158 cm³/mol. The number of benzene rings is 3. The van der Waals surface area contributed by atoms with Gasteiger partial charge in [-0.25, -0.2) is 4.98 Å². The van der Waals surface area contributed by atoms with Crippen molar-refractivity contribution in [2.24, 2.45) is 0 Å². The molecule has 186 valence electrons. The predicted octanol–water partition coefficient (Wildman–Crippen LogP) is 9.09. The normalized spacial score (nSPS) is 20.8. The van der Waals surface area contributed by atoms with Crippen molar-refractivity contribution in [2.75, 3.05) is 4.90 Å². The van der Waals surface area contributed by atoms with Crippen LogP contribution in [0.3, 0.4) is 0 Å². The van der Waals surface area contributed by atoms with E-state index < -0.39 is 0 Å². The van der Waals surface area contributed by atoms with Crippen LogP contribution in [0.25, 0.3) is 33.1 Å². The minimum atomic E-state index is 0.219. The summed E-state index contributed by atoms with van der Waals surface area (Å²) in [6, 6.07) is 31.6. The Balaban J connectivity index is 1.42. The molecule has 0 radical (unpaired) electrons. The van der Waals surface area contributed by atoms with Gasteiger partial charge in [0.1, 0.15) is 5.82 Å². The Morgan fingerprint density at radius 2 is 1.50 bits per heavy atom. The molecule has 3 aliphatic rings. The maximum absolute atomic E-state index is 5.28. The van der Waals surface area contributed by atoms with Crippen molar-refractivity contribution in [1.82, 2.24) is 9.55 Å². The van der Waals surface area contributed by atoms with Crippen molar-refractivity contribution in [2.45, 2.75) is 50.1 Å². The number of pyridine rings is 1. The van der Waals surface area contributed by atoms with Gasteiger partial charge in [-0.2, -0.15) is 0 Å². The molecule has 0 saturated heterocycles. The molecular weight excluding hydrogens is 462 g/mol. The number of para-hydroxylation sites is 1. The lowest BCUT2D eigenvalue weighted by Gasteiger charge is -2.30. The first-order valence-corrected chi connectivity index (χ1v) is 14.1. The van der Waals surface area contributed by atoms with Gasteiger partial charge in [-0.05, 0) is 36.6 Å². The molecule has 0 amide bonds. The molecule has 3 aromatic carbocycles. The van der Waals surface area contributed by atoms with Crippen molar-refractivity contribution in [1.29, 1.82) is 0 Å². The van der Waals surface area contributed by atoms with Crippen LogP contribution < -0.4 is 4.90 Å². The first-order chi connectivity index (χ1) is 18.9. The molecule has 2 aromatic heterocycles. The van der Waals surface area contributed by atoms with Gasteiger partial charge in [0.15, 0.2) is 0 Å². The number of hydrogen-bond acceptors (Lipinski definition) is 2. The summed E-state index contributed by atoms with van der Waals surface area (Å²) in [4.78, 5) is 7.81. The first kappa shape index (κ1) is 21.9. The Morgan fingerprint density at radius 1 is 0.684 bits per heavy atom. The lowest BCUT2D eigenvalue weighted by molar-refractivity contribution is 0.367. The lowest BCUT2D eigenvalue weighted by Crippen LogP contribution is -2.29. The number of aromatic nitrogens is 2. The standard InChI is InChI=1S/C35H31N3/c1-3-12-24(13-4-1)30-18-11-21-33(36-30)38-32-20-10-8-17-27(32)29-23-22-28-26-16-7-9-19-31(26)37(34(28)35(29)38)25-14-5-2-6-15-25/h1,3-4,7-13,16-23,25,27,32H,2,5-6,14-15H2. The van der Waals surface area contributed by atoms with Gasteiger partial charge in [-0.3, -0.25) is 0 Å². The molecule has 38 heavy (non-hydrogen) atoms. The fraction of sp³-hybridized carbons (Fsp3) is 0.229. The first-order valence-electron chi connectivity index (χ1n) is 14.1. The average molecular weight is 494 g/mol. The van der Waals surface area contributed by atoms with Crippen LogP contribution in [0.5, 0.6) is 0 Å². The van der Waals surface area contributed by atoms with E-state index in [1.165, 1.54) is 65.2 Å². The van der Waals surface area contributed by atoms with Crippen molar-refractivity contribution in [3.8, 4) is 11.3 Å². The summed E-state index contributed by atoms with van der Waals surface area (Å²) in [6.07, 6.45) is 15.7. The van der Waals surface area contributed by atoms with Gasteiger partial charge >= 0.3 is 0 Å². The smallest absolute Gasteiger partial charge is 0.134 e. The zero-order valence-corrected chi connectivity index (χ0v) is 21.5. The van der Waals surface area contributed by atoms with Crippen LogP contribution >= 0.6 is 0 Å². The summed E-state index contributed by atoms with van der Waals surface area (Å²) >= 11 is 0. The van der Waals surface area contributed by atoms with Crippen LogP contribution in [-0.2, 0) is 0 Å². The summed E-state index contributed by atoms with van der Waals surface area (Å²) in [5.41, 5.74) is 7.68. The third kappa shape index (κ3) is 3.24. The molecule has 2 aliphatic carbocycles. The highest BCUT2D eigenvalue weighted by molar-refractivity contribution is 6.14. The van der Waals surface area contributed by atoms with E-state index in [0.29, 0.717) is 12.0 Å². The van der Waals surface area contributed by atoms with Gasteiger partial charge in [0, 0.05) is 33.8 Å². The number of rotatable bonds is 3. The van der Waals surface area contributed by atoms with Gasteiger partial charge in [-0.1, -0.05) is 110 Å². The number of hydrogen-bond donors (Lipinski definition) is 0. The number of anilines is 2. The monoisotopic (exact) mass is 493 g/mol. The molecule has 1 saturated carbocycles. The minimum Gasteiger partial charge on any atom is -0.336 e. The summed E-state index contributed by atoms with van der Waals surface area (Å²) in [5, 5.41) is 2.73. The second-order valence-electron chi connectivity index (χ2n) is 11.0. The Kier molecular flexibility index (Phi) is 5.04. The van der Waals surface area contributed by atoms with Crippen molar-refractivity contribution in [3.05, 3.63) is 115 Å². The van der Waals surface area contributed by atoms with Crippen LogP contribution in [0.1, 0.15) is 49.6 Å². The topological polar surface area (TPSA) is 21.1 Å². The number of fused-ring (bicyclic) bond motifs is 7. The highest BCUT2D eigenvalue weighted by atomic mass is 15.3. The van der Waals surface area contributed by atoms with Crippen LogP contribution in [0.2, 0.25) is 0 Å². The summed E-state index contributed by atoms with van der Waals surface area (Å²) in [5.74, 6) is 1.34. The van der Waals surface area contributed by atoms with E-state index in [4.69, 9.17) is 4.98 Å². The molecule has 5 aromatic rings. The van der Waals surface area contributed by atoms with Gasteiger partial charge in [0.25, 0.3) is 0 Å². The van der Waals surface area contributed by atoms with Gasteiger partial charge in [-0.15, -0.1) is 0 Å². The molecule has 8 rings (SSSR count). The largest absolute Gasteiger partial charge is 0.336 e. The average Bonchev–Trinajstić information content (AvgIpc) is 3.51. The molecular formula is C35H31N3. The Labute approximate surface area is 223 Å². The molecule has 3 heteroatoms. The third-order valence-electron chi connectivity index (χ3n) is 8.87. The van der Waals surface area contributed by atoms with E-state index in [0.717, 1.165) is 17.1 Å². The Bertz CT molecular complexity index is 1720. The van der Waals surface area contributed by atoms with Crippen LogP contribution in [0.15, 0.2) is 109 Å². The fourth-order valence-electron chi connectivity index (χ4n) is 7.20. The highest BCUT2D eigenvalue weighted by Crippen LogP contribution is 2.53. The van der Waals surface area contributed by atoms with Crippen molar-refractivity contribution in [3.63, 3.8) is 0 Å². The van der Waals surface area contributed by atoms with Gasteiger partial charge in [0.05, 0.1) is 22.9 Å². The van der Waals surface area contributed by atoms with E-state index in [1.807, 2.05) is 0 Å². The summed E-state index contributed by atoms with van der Waals surface area (Å²) in [6.45, 7) is 0. The van der Waals surface area contributed by atoms with Gasteiger partial charge in [0.2, 0.25) is 0 Å². The maximum Gasteiger partial charge on any atom is 0.134 e. The Morgan fingerprint density at radius 3 is 2.39 bits per heavy atom. The van der Waals surface area contributed by atoms with E-state index in [9.17, 15) is 0 Å². The molecule has 0 bridgehead atoms. The van der Waals surface area contributed by atoms with E-state index in [2.05, 4.69) is 119 Å². The van der Waals surface area contributed by atoms with E-state index >= 15 is 0 Å². The van der Waals surface area contributed by atoms with Crippen molar-refractivity contribution < 1.29 is 0 Å². The van der Waals surface area contributed by atoms with Crippen molar-refractivity contribution >= 4 is 33.3 Å². The molecule has 2 atom stereocenters. The third-order valence-corrected chi connectivity index (χ3v) is 8.87. The van der Waals surface area contributed by atoms with E-state index in [1.54, 1.807) is 0 Å². The molecule has 3 nitrogen and oxygen atoms in total. The minimum absolute atomic E-state index is 0.219. The molecule has 0 N–H and O–H groups in total. The fourth-order valence-corrected chi connectivity index (χ4v) is 7.20. The second-order valence-corrected chi connectivity index (χ2v) is 11.0. The maximum atomic E-state index is 5.28. The van der Waals surface area contributed by atoms with Crippen LogP contribution in [0.4, 0.5) is 11.5 Å². The molecule has 3 heterocycles.